The number of ether oxygens (including phenoxy) is 1. The van der Waals surface area contributed by atoms with E-state index in [2.05, 4.69) is 4.98 Å². The van der Waals surface area contributed by atoms with Crippen LogP contribution in [-0.4, -0.2) is 16.7 Å². The average Bonchev–Trinajstić information content (AvgIpc) is 2.67. The van der Waals surface area contributed by atoms with Crippen LogP contribution in [0.5, 0.6) is 5.75 Å². The smallest absolute Gasteiger partial charge is 0.308 e. The molecule has 0 unspecified atom stereocenters. The van der Waals surface area contributed by atoms with Gasteiger partial charge in [0.1, 0.15) is 0 Å². The van der Waals surface area contributed by atoms with Gasteiger partial charge in [0.25, 0.3) is 0 Å². The summed E-state index contributed by atoms with van der Waals surface area (Å²) in [6.07, 6.45) is 0. The number of hydrogen-bond acceptors (Lipinski definition) is 3. The summed E-state index contributed by atoms with van der Waals surface area (Å²) in [4.78, 5) is 26.2. The van der Waals surface area contributed by atoms with Crippen molar-refractivity contribution in [1.29, 1.82) is 0 Å². The molecule has 20 heavy (non-hydrogen) atoms. The first kappa shape index (κ1) is 14.1. The first-order chi connectivity index (χ1) is 9.40. The molecule has 4 nitrogen and oxygen atoms in total. The van der Waals surface area contributed by atoms with E-state index in [0.717, 1.165) is 11.1 Å². The van der Waals surface area contributed by atoms with Crippen LogP contribution < -0.4 is 4.74 Å². The third kappa shape index (κ3) is 2.64. The van der Waals surface area contributed by atoms with Crippen molar-refractivity contribution in [1.82, 2.24) is 4.98 Å². The molecule has 2 rings (SSSR count). The molecular weight excluding hydrogens is 254 g/mol. The summed E-state index contributed by atoms with van der Waals surface area (Å²) in [5, 5.41) is 0. The highest BCUT2D eigenvalue weighted by molar-refractivity contribution is 6.04. The van der Waals surface area contributed by atoms with E-state index in [9.17, 15) is 9.59 Å². The second kappa shape index (κ2) is 5.33. The third-order valence-corrected chi connectivity index (χ3v) is 3.07. The molecule has 0 aliphatic rings. The van der Waals surface area contributed by atoms with Crippen LogP contribution in [0.2, 0.25) is 0 Å². The van der Waals surface area contributed by atoms with Crippen molar-refractivity contribution < 1.29 is 14.3 Å². The van der Waals surface area contributed by atoms with Crippen LogP contribution in [0.1, 0.15) is 35.5 Å². The lowest BCUT2D eigenvalue weighted by Crippen LogP contribution is -2.05. The molecule has 0 amide bonds. The van der Waals surface area contributed by atoms with Gasteiger partial charge in [-0.25, -0.2) is 0 Å². The molecule has 0 aliphatic carbocycles. The fourth-order valence-corrected chi connectivity index (χ4v) is 2.15. The SMILES string of the molecule is CC(=O)Oc1c(C)[nH]c(-c2ccc(C)cc2)c1C(C)=O. The predicted octanol–water partition coefficient (Wildman–Crippen LogP) is 3.43. The number of aromatic amines is 1. The Balaban J connectivity index is 2.61. The topological polar surface area (TPSA) is 59.2 Å². The highest BCUT2D eigenvalue weighted by atomic mass is 16.5. The fraction of sp³-hybridized carbons (Fsp3) is 0.250. The summed E-state index contributed by atoms with van der Waals surface area (Å²) >= 11 is 0. The van der Waals surface area contributed by atoms with Gasteiger partial charge in [0.05, 0.1) is 17.0 Å². The number of hydrogen-bond donors (Lipinski definition) is 1. The van der Waals surface area contributed by atoms with Crippen molar-refractivity contribution in [3.05, 3.63) is 41.1 Å². The van der Waals surface area contributed by atoms with E-state index in [-0.39, 0.29) is 5.78 Å². The van der Waals surface area contributed by atoms with E-state index in [1.807, 2.05) is 31.2 Å². The Labute approximate surface area is 117 Å². The van der Waals surface area contributed by atoms with Gasteiger partial charge in [-0.2, -0.15) is 0 Å². The summed E-state index contributed by atoms with van der Waals surface area (Å²) in [6.45, 7) is 6.57. The van der Waals surface area contributed by atoms with Crippen molar-refractivity contribution in [3.8, 4) is 17.0 Å². The number of benzene rings is 1. The van der Waals surface area contributed by atoms with Gasteiger partial charge in [-0.3, -0.25) is 9.59 Å². The molecule has 0 bridgehead atoms. The zero-order valence-corrected chi connectivity index (χ0v) is 12.0. The van der Waals surface area contributed by atoms with Crippen LogP contribution in [0, 0.1) is 13.8 Å². The molecule has 0 spiro atoms. The van der Waals surface area contributed by atoms with Crippen molar-refractivity contribution >= 4 is 11.8 Å². The van der Waals surface area contributed by atoms with Gasteiger partial charge < -0.3 is 9.72 Å². The van der Waals surface area contributed by atoms with Gasteiger partial charge in [0.15, 0.2) is 11.5 Å². The number of aromatic nitrogens is 1. The number of esters is 1. The minimum atomic E-state index is -0.440. The van der Waals surface area contributed by atoms with Crippen LogP contribution in [0.4, 0.5) is 0 Å². The lowest BCUT2D eigenvalue weighted by Gasteiger charge is -2.05. The summed E-state index contributed by atoms with van der Waals surface area (Å²) in [7, 11) is 0. The van der Waals surface area contributed by atoms with Crippen LogP contribution in [-0.2, 0) is 4.79 Å². The highest BCUT2D eigenvalue weighted by Gasteiger charge is 2.22. The Morgan fingerprint density at radius 1 is 1.05 bits per heavy atom. The predicted molar refractivity (Wildman–Crippen MR) is 77.0 cm³/mol. The van der Waals surface area contributed by atoms with E-state index in [1.54, 1.807) is 6.92 Å². The Morgan fingerprint density at radius 3 is 2.15 bits per heavy atom. The molecule has 0 saturated carbocycles. The molecule has 104 valence electrons. The number of Topliss-reactive ketones (excluding diaryl/α,β-unsaturated/α-hetero) is 1. The van der Waals surface area contributed by atoms with E-state index < -0.39 is 5.97 Å². The zero-order valence-electron chi connectivity index (χ0n) is 12.0. The van der Waals surface area contributed by atoms with E-state index >= 15 is 0 Å². The second-order valence-electron chi connectivity index (χ2n) is 4.84. The fourth-order valence-electron chi connectivity index (χ4n) is 2.15. The minimum Gasteiger partial charge on any atom is -0.424 e. The molecule has 1 N–H and O–H groups in total. The molecule has 1 aromatic carbocycles. The van der Waals surface area contributed by atoms with E-state index in [4.69, 9.17) is 4.74 Å². The van der Waals surface area contributed by atoms with Gasteiger partial charge in [-0.15, -0.1) is 0 Å². The van der Waals surface area contributed by atoms with E-state index in [0.29, 0.717) is 22.7 Å². The standard InChI is InChI=1S/C16H17NO3/c1-9-5-7-13(8-6-9)15-14(11(3)18)16(10(2)17-15)20-12(4)19/h5-8,17H,1-4H3. The lowest BCUT2D eigenvalue weighted by molar-refractivity contribution is -0.131. The van der Waals surface area contributed by atoms with Gasteiger partial charge in [0, 0.05) is 6.92 Å². The Kier molecular flexibility index (Phi) is 3.74. The molecule has 1 aromatic heterocycles. The molecule has 2 aromatic rings. The highest BCUT2D eigenvalue weighted by Crippen LogP contribution is 2.34. The van der Waals surface area contributed by atoms with Crippen LogP contribution in [0.25, 0.3) is 11.3 Å². The maximum atomic E-state index is 11.9. The van der Waals surface area contributed by atoms with Gasteiger partial charge in [-0.05, 0) is 26.3 Å². The quantitative estimate of drug-likeness (QED) is 0.687. The molecule has 0 saturated heterocycles. The molecule has 0 aliphatic heterocycles. The molecular formula is C16H17NO3. The Bertz CT molecular complexity index is 666. The van der Waals surface area contributed by atoms with Gasteiger partial charge in [-0.1, -0.05) is 29.8 Å². The average molecular weight is 271 g/mol. The molecule has 0 fully saturated rings. The monoisotopic (exact) mass is 271 g/mol. The molecule has 0 atom stereocenters. The second-order valence-corrected chi connectivity index (χ2v) is 4.84. The minimum absolute atomic E-state index is 0.138. The number of rotatable bonds is 3. The Hall–Kier alpha value is -2.36. The van der Waals surface area contributed by atoms with Crippen LogP contribution in [0.3, 0.4) is 0 Å². The summed E-state index contributed by atoms with van der Waals surface area (Å²) in [5.74, 6) is -0.258. The summed E-state index contributed by atoms with van der Waals surface area (Å²) in [6, 6.07) is 7.82. The number of carbonyl (C=O) groups excluding carboxylic acids is 2. The first-order valence-electron chi connectivity index (χ1n) is 6.39. The van der Waals surface area contributed by atoms with Crippen molar-refractivity contribution in [2.24, 2.45) is 0 Å². The maximum Gasteiger partial charge on any atom is 0.308 e. The van der Waals surface area contributed by atoms with Crippen LogP contribution in [0.15, 0.2) is 24.3 Å². The van der Waals surface area contributed by atoms with Crippen LogP contribution >= 0.6 is 0 Å². The summed E-state index contributed by atoms with van der Waals surface area (Å²) < 4.78 is 5.17. The first-order valence-corrected chi connectivity index (χ1v) is 6.39. The maximum absolute atomic E-state index is 11.9. The molecule has 0 radical (unpaired) electrons. The zero-order chi connectivity index (χ0) is 14.9. The van der Waals surface area contributed by atoms with Gasteiger partial charge >= 0.3 is 5.97 Å². The lowest BCUT2D eigenvalue weighted by atomic mass is 10.0. The third-order valence-electron chi connectivity index (χ3n) is 3.07. The molecule has 1 heterocycles. The number of ketones is 1. The Morgan fingerprint density at radius 2 is 1.65 bits per heavy atom. The molecule has 4 heteroatoms. The van der Waals surface area contributed by atoms with E-state index in [1.165, 1.54) is 13.8 Å². The van der Waals surface area contributed by atoms with Crippen molar-refractivity contribution in [2.75, 3.05) is 0 Å². The van der Waals surface area contributed by atoms with Gasteiger partial charge in [0.2, 0.25) is 0 Å². The van der Waals surface area contributed by atoms with Crippen molar-refractivity contribution in [2.45, 2.75) is 27.7 Å². The number of H-pyrrole nitrogens is 1. The number of carbonyl (C=O) groups is 2. The van der Waals surface area contributed by atoms with Crippen molar-refractivity contribution in [3.63, 3.8) is 0 Å². The normalized spacial score (nSPS) is 10.4. The summed E-state index contributed by atoms with van der Waals surface area (Å²) in [5.41, 5.74) is 3.80. The number of nitrogens with one attached hydrogen (secondary N) is 1. The largest absolute Gasteiger partial charge is 0.424 e. The number of aryl methyl sites for hydroxylation is 2.